The Morgan fingerprint density at radius 2 is 2.05 bits per heavy atom. The molecule has 0 radical (unpaired) electrons. The fraction of sp³-hybridized carbons (Fsp3) is 0.571. The molecule has 5 heteroatoms. The molecule has 0 spiro atoms. The molecule has 0 aliphatic carbocycles. The lowest BCUT2D eigenvalue weighted by Gasteiger charge is -2.35. The van der Waals surface area contributed by atoms with Gasteiger partial charge in [-0.3, -0.25) is 4.90 Å². The van der Waals surface area contributed by atoms with E-state index in [9.17, 15) is 9.50 Å². The van der Waals surface area contributed by atoms with Crippen molar-refractivity contribution in [3.63, 3.8) is 0 Å². The standard InChI is InChI=1S/C14H21FN2O2/c1-10(17-7-5-16-6-8-17)14(18)12-9-11(15)3-4-13(12)19-2/h3-4,9-10,14,16,18H,5-8H2,1-2H3. The Bertz CT molecular complexity index is 422. The van der Waals surface area contributed by atoms with Crippen LogP contribution in [-0.4, -0.2) is 49.3 Å². The predicted octanol–water partition coefficient (Wildman–Crippen LogP) is 1.16. The fourth-order valence-corrected chi connectivity index (χ4v) is 2.49. The fourth-order valence-electron chi connectivity index (χ4n) is 2.49. The first-order chi connectivity index (χ1) is 9.13. The molecule has 0 aromatic heterocycles. The van der Waals surface area contributed by atoms with E-state index in [-0.39, 0.29) is 11.9 Å². The van der Waals surface area contributed by atoms with Crippen LogP contribution >= 0.6 is 0 Å². The molecule has 0 bridgehead atoms. The van der Waals surface area contributed by atoms with Crippen LogP contribution in [-0.2, 0) is 0 Å². The number of piperazine rings is 1. The van der Waals surface area contributed by atoms with Crippen LogP contribution in [0.4, 0.5) is 4.39 Å². The Labute approximate surface area is 113 Å². The zero-order chi connectivity index (χ0) is 13.8. The lowest BCUT2D eigenvalue weighted by atomic mass is 10.0. The summed E-state index contributed by atoms with van der Waals surface area (Å²) in [5.41, 5.74) is 0.508. The molecule has 1 aromatic carbocycles. The number of nitrogens with zero attached hydrogens (tertiary/aromatic N) is 1. The van der Waals surface area contributed by atoms with Gasteiger partial charge in [-0.1, -0.05) is 0 Å². The Balaban J connectivity index is 2.17. The first kappa shape index (κ1) is 14.2. The highest BCUT2D eigenvalue weighted by molar-refractivity contribution is 5.36. The van der Waals surface area contributed by atoms with Gasteiger partial charge in [0.1, 0.15) is 11.6 Å². The number of hydrogen-bond acceptors (Lipinski definition) is 4. The van der Waals surface area contributed by atoms with Gasteiger partial charge < -0.3 is 15.2 Å². The summed E-state index contributed by atoms with van der Waals surface area (Å²) in [6.07, 6.45) is -0.760. The van der Waals surface area contributed by atoms with E-state index in [0.29, 0.717) is 11.3 Å². The summed E-state index contributed by atoms with van der Waals surface area (Å²) in [5.74, 6) is 0.165. The van der Waals surface area contributed by atoms with Crippen molar-refractivity contribution in [2.75, 3.05) is 33.3 Å². The summed E-state index contributed by atoms with van der Waals surface area (Å²) in [7, 11) is 1.53. The molecule has 2 atom stereocenters. The number of halogens is 1. The Morgan fingerprint density at radius 3 is 2.68 bits per heavy atom. The van der Waals surface area contributed by atoms with E-state index in [1.807, 2.05) is 6.92 Å². The minimum absolute atomic E-state index is 0.0715. The first-order valence-electron chi connectivity index (χ1n) is 6.59. The van der Waals surface area contributed by atoms with E-state index in [1.54, 1.807) is 6.07 Å². The van der Waals surface area contributed by atoms with E-state index >= 15 is 0 Å². The number of rotatable bonds is 4. The second-order valence-corrected chi connectivity index (χ2v) is 4.86. The highest BCUT2D eigenvalue weighted by Crippen LogP contribution is 2.30. The number of benzene rings is 1. The monoisotopic (exact) mass is 268 g/mol. The van der Waals surface area contributed by atoms with Crippen LogP contribution in [0.1, 0.15) is 18.6 Å². The third-order valence-electron chi connectivity index (χ3n) is 3.69. The summed E-state index contributed by atoms with van der Waals surface area (Å²) in [5, 5.41) is 13.7. The number of ether oxygens (including phenoxy) is 1. The van der Waals surface area contributed by atoms with Crippen molar-refractivity contribution < 1.29 is 14.2 Å². The third kappa shape index (κ3) is 3.23. The summed E-state index contributed by atoms with van der Waals surface area (Å²) in [6.45, 7) is 5.56. The van der Waals surface area contributed by atoms with Gasteiger partial charge in [0, 0.05) is 37.8 Å². The minimum Gasteiger partial charge on any atom is -0.496 e. The molecule has 106 valence electrons. The summed E-state index contributed by atoms with van der Waals surface area (Å²) in [6, 6.07) is 4.17. The van der Waals surface area contributed by atoms with Crippen molar-refractivity contribution in [2.24, 2.45) is 0 Å². The minimum atomic E-state index is -0.760. The maximum atomic E-state index is 13.4. The molecular formula is C14H21FN2O2. The normalized spacial score (nSPS) is 20.0. The third-order valence-corrected chi connectivity index (χ3v) is 3.69. The summed E-state index contributed by atoms with van der Waals surface area (Å²) >= 11 is 0. The van der Waals surface area contributed by atoms with E-state index in [2.05, 4.69) is 10.2 Å². The van der Waals surface area contributed by atoms with Crippen molar-refractivity contribution in [1.29, 1.82) is 0 Å². The van der Waals surface area contributed by atoms with Crippen molar-refractivity contribution in [3.05, 3.63) is 29.6 Å². The maximum Gasteiger partial charge on any atom is 0.124 e. The summed E-state index contributed by atoms with van der Waals surface area (Å²) < 4.78 is 18.6. The number of methoxy groups -OCH3 is 1. The van der Waals surface area contributed by atoms with Crippen molar-refractivity contribution >= 4 is 0 Å². The highest BCUT2D eigenvalue weighted by Gasteiger charge is 2.26. The van der Waals surface area contributed by atoms with E-state index in [0.717, 1.165) is 26.2 Å². The predicted molar refractivity (Wildman–Crippen MR) is 71.8 cm³/mol. The second-order valence-electron chi connectivity index (χ2n) is 4.86. The molecule has 2 N–H and O–H groups in total. The SMILES string of the molecule is COc1ccc(F)cc1C(O)C(C)N1CCNCC1. The Kier molecular flexibility index (Phi) is 4.74. The molecule has 0 amide bonds. The average Bonchev–Trinajstić information content (AvgIpc) is 2.46. The average molecular weight is 268 g/mol. The van der Waals surface area contributed by atoms with Crippen LogP contribution < -0.4 is 10.1 Å². The largest absolute Gasteiger partial charge is 0.496 e. The van der Waals surface area contributed by atoms with Gasteiger partial charge in [-0.05, 0) is 25.1 Å². The molecule has 2 rings (SSSR count). The number of hydrogen-bond donors (Lipinski definition) is 2. The van der Waals surface area contributed by atoms with Gasteiger partial charge in [0.2, 0.25) is 0 Å². The molecular weight excluding hydrogens is 247 g/mol. The van der Waals surface area contributed by atoms with Crippen molar-refractivity contribution in [3.8, 4) is 5.75 Å². The molecule has 1 heterocycles. The van der Waals surface area contributed by atoms with Crippen LogP contribution in [0, 0.1) is 5.82 Å². The Hall–Kier alpha value is -1.17. The second kappa shape index (κ2) is 6.32. The molecule has 1 saturated heterocycles. The topological polar surface area (TPSA) is 44.7 Å². The number of aliphatic hydroxyl groups is 1. The molecule has 0 saturated carbocycles. The lowest BCUT2D eigenvalue weighted by Crippen LogP contribution is -2.49. The number of aliphatic hydroxyl groups excluding tert-OH is 1. The number of nitrogens with one attached hydrogen (secondary N) is 1. The lowest BCUT2D eigenvalue weighted by molar-refractivity contribution is 0.0493. The van der Waals surface area contributed by atoms with Gasteiger partial charge >= 0.3 is 0 Å². The molecule has 19 heavy (non-hydrogen) atoms. The molecule has 1 aliphatic rings. The summed E-state index contributed by atoms with van der Waals surface area (Å²) in [4.78, 5) is 2.20. The van der Waals surface area contributed by atoms with E-state index in [1.165, 1.54) is 19.2 Å². The van der Waals surface area contributed by atoms with Gasteiger partial charge in [-0.15, -0.1) is 0 Å². The molecule has 4 nitrogen and oxygen atoms in total. The smallest absolute Gasteiger partial charge is 0.124 e. The van der Waals surface area contributed by atoms with Crippen LogP contribution in [0.2, 0.25) is 0 Å². The van der Waals surface area contributed by atoms with Gasteiger partial charge in [0.05, 0.1) is 13.2 Å². The maximum absolute atomic E-state index is 13.4. The quantitative estimate of drug-likeness (QED) is 0.860. The van der Waals surface area contributed by atoms with Gasteiger partial charge in [-0.25, -0.2) is 4.39 Å². The highest BCUT2D eigenvalue weighted by atomic mass is 19.1. The van der Waals surface area contributed by atoms with Crippen LogP contribution in [0.5, 0.6) is 5.75 Å². The molecule has 1 aromatic rings. The van der Waals surface area contributed by atoms with E-state index in [4.69, 9.17) is 4.74 Å². The molecule has 1 fully saturated rings. The van der Waals surface area contributed by atoms with Gasteiger partial charge in [-0.2, -0.15) is 0 Å². The van der Waals surface area contributed by atoms with Gasteiger partial charge in [0.25, 0.3) is 0 Å². The molecule has 1 aliphatic heterocycles. The Morgan fingerprint density at radius 1 is 1.37 bits per heavy atom. The van der Waals surface area contributed by atoms with Crippen molar-refractivity contribution in [1.82, 2.24) is 10.2 Å². The zero-order valence-corrected chi connectivity index (χ0v) is 11.4. The molecule has 2 unspecified atom stereocenters. The van der Waals surface area contributed by atoms with Gasteiger partial charge in [0.15, 0.2) is 0 Å². The van der Waals surface area contributed by atoms with Crippen LogP contribution in [0.15, 0.2) is 18.2 Å². The van der Waals surface area contributed by atoms with E-state index < -0.39 is 6.10 Å². The van der Waals surface area contributed by atoms with Crippen LogP contribution in [0.25, 0.3) is 0 Å². The van der Waals surface area contributed by atoms with Crippen molar-refractivity contribution in [2.45, 2.75) is 19.1 Å². The zero-order valence-electron chi connectivity index (χ0n) is 11.4. The van der Waals surface area contributed by atoms with Crippen LogP contribution in [0.3, 0.4) is 0 Å². The first-order valence-corrected chi connectivity index (χ1v) is 6.59.